The van der Waals surface area contributed by atoms with Gasteiger partial charge in [0.2, 0.25) is 0 Å². The Balaban J connectivity index is 1.60. The molecule has 1 aromatic heterocycles. The third kappa shape index (κ3) is 3.96. The minimum Gasteiger partial charge on any atom is -0.469 e. The van der Waals surface area contributed by atoms with Gasteiger partial charge in [0.15, 0.2) is 5.96 Å². The van der Waals surface area contributed by atoms with Crippen LogP contribution in [0.25, 0.3) is 0 Å². The second kappa shape index (κ2) is 7.51. The van der Waals surface area contributed by atoms with E-state index in [9.17, 15) is 4.39 Å². The summed E-state index contributed by atoms with van der Waals surface area (Å²) in [6.07, 6.45) is 4.46. The highest BCUT2D eigenvalue weighted by Gasteiger charge is 2.45. The van der Waals surface area contributed by atoms with E-state index in [-0.39, 0.29) is 11.2 Å². The summed E-state index contributed by atoms with van der Waals surface area (Å²) < 4.78 is 19.4. The van der Waals surface area contributed by atoms with E-state index in [4.69, 9.17) is 4.42 Å². The van der Waals surface area contributed by atoms with E-state index in [2.05, 4.69) is 15.6 Å². The molecule has 0 atom stereocenters. The van der Waals surface area contributed by atoms with E-state index >= 15 is 0 Å². The van der Waals surface area contributed by atoms with Crippen molar-refractivity contribution in [1.29, 1.82) is 0 Å². The molecule has 0 radical (unpaired) electrons. The second-order valence-electron chi connectivity index (χ2n) is 6.21. The summed E-state index contributed by atoms with van der Waals surface area (Å²) in [5, 5.41) is 6.55. The summed E-state index contributed by atoms with van der Waals surface area (Å²) in [6, 6.07) is 10.9. The van der Waals surface area contributed by atoms with Gasteiger partial charge in [-0.2, -0.15) is 0 Å². The topological polar surface area (TPSA) is 49.6 Å². The van der Waals surface area contributed by atoms with Crippen LogP contribution in [0, 0.1) is 5.82 Å². The lowest BCUT2D eigenvalue weighted by Gasteiger charge is -2.16. The summed E-state index contributed by atoms with van der Waals surface area (Å²) in [5.41, 5.74) is 0.662. The summed E-state index contributed by atoms with van der Waals surface area (Å²) in [4.78, 5) is 4.68. The maximum absolute atomic E-state index is 14.1. The number of furan rings is 1. The van der Waals surface area contributed by atoms with Crippen molar-refractivity contribution >= 4 is 5.96 Å². The number of guanidine groups is 1. The Bertz CT molecular complexity index is 678. The Morgan fingerprint density at radius 1 is 1.21 bits per heavy atom. The van der Waals surface area contributed by atoms with Crippen molar-refractivity contribution in [2.24, 2.45) is 4.99 Å². The predicted molar refractivity (Wildman–Crippen MR) is 93.7 cm³/mol. The van der Waals surface area contributed by atoms with Crippen LogP contribution in [0.5, 0.6) is 0 Å². The Morgan fingerprint density at radius 2 is 2.04 bits per heavy atom. The number of rotatable bonds is 7. The Kier molecular flexibility index (Phi) is 5.18. The van der Waals surface area contributed by atoms with Gasteiger partial charge in [-0.05, 0) is 43.5 Å². The zero-order valence-electron chi connectivity index (χ0n) is 14.0. The molecule has 2 aromatic rings. The summed E-state index contributed by atoms with van der Waals surface area (Å²) in [6.45, 7) is 4.17. The standard InChI is InChI=1S/C19H24FN3O/c1-2-21-18(22-12-9-15-6-5-13-24-15)23-14-19(10-11-19)16-7-3-4-8-17(16)20/h3-8,13H,2,9-12,14H2,1H3,(H2,21,22,23). The van der Waals surface area contributed by atoms with E-state index < -0.39 is 0 Å². The number of hydrogen-bond acceptors (Lipinski definition) is 2. The van der Waals surface area contributed by atoms with Crippen molar-refractivity contribution in [2.45, 2.75) is 31.6 Å². The third-order valence-corrected chi connectivity index (χ3v) is 4.43. The molecule has 1 aliphatic rings. The molecule has 0 saturated heterocycles. The van der Waals surface area contributed by atoms with Crippen LogP contribution >= 0.6 is 0 Å². The SMILES string of the molecule is CCNC(=NCC1(c2ccccc2F)CC1)NCCc1ccco1. The predicted octanol–water partition coefficient (Wildman–Crippen LogP) is 3.25. The molecule has 5 heteroatoms. The van der Waals surface area contributed by atoms with E-state index in [1.54, 1.807) is 12.3 Å². The van der Waals surface area contributed by atoms with Crippen LogP contribution in [0.3, 0.4) is 0 Å². The van der Waals surface area contributed by atoms with Crippen molar-refractivity contribution in [3.05, 3.63) is 59.8 Å². The molecule has 1 saturated carbocycles. The maximum Gasteiger partial charge on any atom is 0.191 e. The maximum atomic E-state index is 14.1. The first-order valence-corrected chi connectivity index (χ1v) is 8.53. The summed E-state index contributed by atoms with van der Waals surface area (Å²) >= 11 is 0. The minimum absolute atomic E-state index is 0.124. The fourth-order valence-electron chi connectivity index (χ4n) is 2.89. The molecule has 1 heterocycles. The van der Waals surface area contributed by atoms with Gasteiger partial charge in [-0.3, -0.25) is 4.99 Å². The van der Waals surface area contributed by atoms with Crippen LogP contribution in [0.1, 0.15) is 31.1 Å². The van der Waals surface area contributed by atoms with Gasteiger partial charge >= 0.3 is 0 Å². The fourth-order valence-corrected chi connectivity index (χ4v) is 2.89. The van der Waals surface area contributed by atoms with E-state index in [0.29, 0.717) is 6.54 Å². The van der Waals surface area contributed by atoms with E-state index in [1.165, 1.54) is 6.07 Å². The first kappa shape index (κ1) is 16.6. The van der Waals surface area contributed by atoms with Gasteiger partial charge in [0, 0.05) is 24.9 Å². The zero-order chi connectivity index (χ0) is 16.8. The number of hydrogen-bond donors (Lipinski definition) is 2. The van der Waals surface area contributed by atoms with Crippen LogP contribution in [-0.4, -0.2) is 25.6 Å². The van der Waals surface area contributed by atoms with Crippen molar-refractivity contribution in [3.63, 3.8) is 0 Å². The molecule has 1 fully saturated rings. The van der Waals surface area contributed by atoms with Gasteiger partial charge in [-0.25, -0.2) is 4.39 Å². The van der Waals surface area contributed by atoms with Crippen LogP contribution in [-0.2, 0) is 11.8 Å². The Labute approximate surface area is 142 Å². The van der Waals surface area contributed by atoms with Crippen LogP contribution in [0.15, 0.2) is 52.1 Å². The van der Waals surface area contributed by atoms with Gasteiger partial charge in [0.05, 0.1) is 12.8 Å². The Hall–Kier alpha value is -2.30. The van der Waals surface area contributed by atoms with Gasteiger partial charge in [0.1, 0.15) is 11.6 Å². The van der Waals surface area contributed by atoms with Gasteiger partial charge in [-0.1, -0.05) is 18.2 Å². The largest absolute Gasteiger partial charge is 0.469 e. The average molecular weight is 329 g/mol. The third-order valence-electron chi connectivity index (χ3n) is 4.43. The second-order valence-corrected chi connectivity index (χ2v) is 6.21. The highest BCUT2D eigenvalue weighted by Crippen LogP contribution is 2.49. The zero-order valence-corrected chi connectivity index (χ0v) is 14.0. The highest BCUT2D eigenvalue weighted by atomic mass is 19.1. The Morgan fingerprint density at radius 3 is 2.71 bits per heavy atom. The average Bonchev–Trinajstić information content (AvgIpc) is 3.19. The molecule has 128 valence electrons. The molecule has 3 rings (SSSR count). The smallest absolute Gasteiger partial charge is 0.191 e. The first-order valence-electron chi connectivity index (χ1n) is 8.53. The van der Waals surface area contributed by atoms with Crippen LogP contribution in [0.2, 0.25) is 0 Å². The monoisotopic (exact) mass is 329 g/mol. The number of aliphatic imine (C=N–C) groups is 1. The molecule has 0 bridgehead atoms. The van der Waals surface area contributed by atoms with Crippen molar-refractivity contribution in [2.75, 3.05) is 19.6 Å². The number of benzene rings is 1. The van der Waals surface area contributed by atoms with E-state index in [1.807, 2.05) is 31.2 Å². The fraction of sp³-hybridized carbons (Fsp3) is 0.421. The molecule has 0 aliphatic heterocycles. The van der Waals surface area contributed by atoms with Crippen molar-refractivity contribution < 1.29 is 8.81 Å². The first-order chi connectivity index (χ1) is 11.7. The molecule has 1 aromatic carbocycles. The molecule has 2 N–H and O–H groups in total. The lowest BCUT2D eigenvalue weighted by Crippen LogP contribution is -2.39. The van der Waals surface area contributed by atoms with E-state index in [0.717, 1.165) is 49.6 Å². The molecule has 0 amide bonds. The van der Waals surface area contributed by atoms with Crippen molar-refractivity contribution in [1.82, 2.24) is 10.6 Å². The summed E-state index contributed by atoms with van der Waals surface area (Å²) in [5.74, 6) is 1.59. The molecule has 0 spiro atoms. The van der Waals surface area contributed by atoms with Gasteiger partial charge in [0.25, 0.3) is 0 Å². The van der Waals surface area contributed by atoms with Crippen LogP contribution < -0.4 is 10.6 Å². The quantitative estimate of drug-likeness (QED) is 0.605. The summed E-state index contributed by atoms with van der Waals surface area (Å²) in [7, 11) is 0. The van der Waals surface area contributed by atoms with Crippen molar-refractivity contribution in [3.8, 4) is 0 Å². The molecule has 1 aliphatic carbocycles. The number of nitrogens with one attached hydrogen (secondary N) is 2. The minimum atomic E-state index is -0.130. The molecule has 0 unspecified atom stereocenters. The van der Waals surface area contributed by atoms with Gasteiger partial charge < -0.3 is 15.1 Å². The van der Waals surface area contributed by atoms with Crippen LogP contribution in [0.4, 0.5) is 4.39 Å². The highest BCUT2D eigenvalue weighted by molar-refractivity contribution is 5.79. The lowest BCUT2D eigenvalue weighted by molar-refractivity contribution is 0.506. The molecular weight excluding hydrogens is 305 g/mol. The molecular formula is C19H24FN3O. The lowest BCUT2D eigenvalue weighted by atomic mass is 9.95. The van der Waals surface area contributed by atoms with Gasteiger partial charge in [-0.15, -0.1) is 0 Å². The normalized spacial score (nSPS) is 16.0. The number of nitrogens with zero attached hydrogens (tertiary/aromatic N) is 1. The number of halogens is 1. The molecule has 24 heavy (non-hydrogen) atoms. The molecule has 4 nitrogen and oxygen atoms in total.